The van der Waals surface area contributed by atoms with E-state index < -0.39 is 0 Å². The molecule has 1 aromatic heterocycles. The van der Waals surface area contributed by atoms with Crippen LogP contribution in [0.4, 0.5) is 0 Å². The van der Waals surface area contributed by atoms with Crippen LogP contribution in [-0.4, -0.2) is 35.5 Å². The molecule has 1 saturated heterocycles. The third-order valence-electron chi connectivity index (χ3n) is 3.56. The maximum absolute atomic E-state index is 6.28. The molecule has 0 N–H and O–H groups in total. The van der Waals surface area contributed by atoms with Crippen molar-refractivity contribution in [3.63, 3.8) is 0 Å². The van der Waals surface area contributed by atoms with Crippen molar-refractivity contribution in [2.45, 2.75) is 31.9 Å². The Morgan fingerprint density at radius 1 is 1.45 bits per heavy atom. The van der Waals surface area contributed by atoms with E-state index in [2.05, 4.69) is 34.7 Å². The quantitative estimate of drug-likeness (QED) is 0.816. The largest absolute Gasteiger partial charge is 0.376 e. The zero-order valence-corrected chi connectivity index (χ0v) is 12.6. The molecule has 0 bridgehead atoms. The summed E-state index contributed by atoms with van der Waals surface area (Å²) >= 11 is 6.28. The molecule has 4 nitrogen and oxygen atoms in total. The molecule has 3 rings (SSSR count). The number of aromatic nitrogens is 2. The monoisotopic (exact) mass is 294 g/mol. The molecule has 5 heteroatoms. The Kier molecular flexibility index (Phi) is 3.96. The van der Waals surface area contributed by atoms with Crippen molar-refractivity contribution < 1.29 is 9.47 Å². The third-order valence-corrected chi connectivity index (χ3v) is 3.76. The van der Waals surface area contributed by atoms with Crippen molar-refractivity contribution in [1.82, 2.24) is 9.55 Å². The summed E-state index contributed by atoms with van der Waals surface area (Å²) in [5.41, 5.74) is 3.30. The van der Waals surface area contributed by atoms with Gasteiger partial charge < -0.3 is 14.0 Å². The summed E-state index contributed by atoms with van der Waals surface area (Å²) in [4.78, 5) is 4.67. The number of alkyl halides is 1. The number of benzene rings is 1. The Balaban J connectivity index is 1.99. The van der Waals surface area contributed by atoms with Crippen molar-refractivity contribution in [3.8, 4) is 0 Å². The first-order valence-electron chi connectivity index (χ1n) is 6.95. The summed E-state index contributed by atoms with van der Waals surface area (Å²) in [5.74, 6) is 0.890. The minimum absolute atomic E-state index is 0.0663. The van der Waals surface area contributed by atoms with Crippen molar-refractivity contribution in [3.05, 3.63) is 29.6 Å². The van der Waals surface area contributed by atoms with Gasteiger partial charge in [-0.2, -0.15) is 0 Å². The molecule has 1 aliphatic heterocycles. The van der Waals surface area contributed by atoms with Gasteiger partial charge >= 0.3 is 0 Å². The van der Waals surface area contributed by atoms with E-state index in [4.69, 9.17) is 21.1 Å². The maximum atomic E-state index is 6.28. The second kappa shape index (κ2) is 5.72. The zero-order valence-electron chi connectivity index (χ0n) is 11.8. The fourth-order valence-electron chi connectivity index (χ4n) is 2.60. The maximum Gasteiger partial charge on any atom is 0.127 e. The average Bonchev–Trinajstić information content (AvgIpc) is 2.78. The van der Waals surface area contributed by atoms with Crippen LogP contribution in [0.3, 0.4) is 0 Å². The minimum atomic E-state index is -0.132. The summed E-state index contributed by atoms with van der Waals surface area (Å²) in [6.07, 6.45) is 0.0663. The number of halogens is 1. The Morgan fingerprint density at radius 3 is 3.00 bits per heavy atom. The van der Waals surface area contributed by atoms with Gasteiger partial charge in [-0.15, -0.1) is 11.6 Å². The van der Waals surface area contributed by atoms with Crippen LogP contribution in [-0.2, 0) is 16.0 Å². The number of hydrogen-bond acceptors (Lipinski definition) is 3. The third kappa shape index (κ3) is 2.68. The molecule has 0 saturated carbocycles. The molecule has 1 aromatic carbocycles. The van der Waals surface area contributed by atoms with E-state index in [0.29, 0.717) is 19.8 Å². The lowest BCUT2D eigenvalue weighted by atomic mass is 10.2. The molecular weight excluding hydrogens is 276 g/mol. The second-order valence-electron chi connectivity index (χ2n) is 5.26. The van der Waals surface area contributed by atoms with Gasteiger partial charge in [0.15, 0.2) is 0 Å². The first kappa shape index (κ1) is 13.9. The number of nitrogens with zero attached hydrogens (tertiary/aromatic N) is 2. The molecule has 1 aliphatic rings. The van der Waals surface area contributed by atoms with Gasteiger partial charge in [0.05, 0.1) is 48.9 Å². The predicted octanol–water partition coefficient (Wildman–Crippen LogP) is 3.06. The Bertz CT molecular complexity index is 603. The molecule has 2 atom stereocenters. The van der Waals surface area contributed by atoms with Crippen LogP contribution in [0.2, 0.25) is 0 Å². The molecule has 20 heavy (non-hydrogen) atoms. The summed E-state index contributed by atoms with van der Waals surface area (Å²) in [6, 6.07) is 6.29. The summed E-state index contributed by atoms with van der Waals surface area (Å²) in [6.45, 7) is 6.71. The van der Waals surface area contributed by atoms with Crippen LogP contribution in [0.5, 0.6) is 0 Å². The Hall–Kier alpha value is -1.10. The van der Waals surface area contributed by atoms with Crippen LogP contribution < -0.4 is 0 Å². The number of rotatable bonds is 3. The minimum Gasteiger partial charge on any atom is -0.376 e. The van der Waals surface area contributed by atoms with Gasteiger partial charge in [-0.05, 0) is 31.5 Å². The van der Waals surface area contributed by atoms with E-state index in [1.165, 1.54) is 5.56 Å². The van der Waals surface area contributed by atoms with E-state index in [1.807, 2.05) is 6.92 Å². The zero-order chi connectivity index (χ0) is 14.1. The lowest BCUT2D eigenvalue weighted by Gasteiger charge is -2.24. The Morgan fingerprint density at radius 2 is 2.30 bits per heavy atom. The number of ether oxygens (including phenoxy) is 2. The van der Waals surface area contributed by atoms with Crippen LogP contribution in [0.1, 0.15) is 23.7 Å². The van der Waals surface area contributed by atoms with Crippen LogP contribution in [0.25, 0.3) is 11.0 Å². The number of hydrogen-bond donors (Lipinski definition) is 0. The average molecular weight is 295 g/mol. The highest BCUT2D eigenvalue weighted by atomic mass is 35.5. The molecule has 0 amide bonds. The molecule has 2 heterocycles. The van der Waals surface area contributed by atoms with Gasteiger partial charge in [-0.1, -0.05) is 6.07 Å². The lowest BCUT2D eigenvalue weighted by Crippen LogP contribution is -2.32. The highest BCUT2D eigenvalue weighted by molar-refractivity contribution is 6.20. The van der Waals surface area contributed by atoms with E-state index >= 15 is 0 Å². The number of aryl methyl sites for hydroxylation is 1. The fraction of sp³-hybridized carbons (Fsp3) is 0.533. The van der Waals surface area contributed by atoms with Crippen molar-refractivity contribution in [2.24, 2.45) is 0 Å². The molecule has 0 radical (unpaired) electrons. The SMILES string of the molecule is Cc1ccc2c(c1)nc(C(C)Cl)n2CC1COCCO1. The van der Waals surface area contributed by atoms with Gasteiger partial charge in [-0.25, -0.2) is 4.98 Å². The van der Waals surface area contributed by atoms with E-state index in [9.17, 15) is 0 Å². The van der Waals surface area contributed by atoms with Gasteiger partial charge in [0, 0.05) is 0 Å². The molecule has 1 fully saturated rings. The van der Waals surface area contributed by atoms with E-state index in [-0.39, 0.29) is 11.5 Å². The van der Waals surface area contributed by atoms with Crippen molar-refractivity contribution in [2.75, 3.05) is 19.8 Å². The van der Waals surface area contributed by atoms with Gasteiger partial charge in [0.2, 0.25) is 0 Å². The van der Waals surface area contributed by atoms with Gasteiger partial charge in [0.1, 0.15) is 5.82 Å². The number of imidazole rings is 1. The van der Waals surface area contributed by atoms with Gasteiger partial charge in [-0.3, -0.25) is 0 Å². The predicted molar refractivity (Wildman–Crippen MR) is 79.3 cm³/mol. The van der Waals surface area contributed by atoms with Crippen LogP contribution in [0, 0.1) is 6.92 Å². The molecule has 0 spiro atoms. The van der Waals surface area contributed by atoms with Gasteiger partial charge in [0.25, 0.3) is 0 Å². The molecule has 0 aliphatic carbocycles. The number of fused-ring (bicyclic) bond motifs is 1. The first-order valence-corrected chi connectivity index (χ1v) is 7.39. The molecular formula is C15H19ClN2O2. The first-order chi connectivity index (χ1) is 9.65. The smallest absolute Gasteiger partial charge is 0.127 e. The highest BCUT2D eigenvalue weighted by Crippen LogP contribution is 2.26. The van der Waals surface area contributed by atoms with E-state index in [0.717, 1.165) is 23.4 Å². The fourth-order valence-corrected chi connectivity index (χ4v) is 2.77. The summed E-state index contributed by atoms with van der Waals surface area (Å²) in [5, 5.41) is -0.132. The Labute approximate surface area is 123 Å². The normalized spacial score (nSPS) is 21.2. The summed E-state index contributed by atoms with van der Waals surface area (Å²) in [7, 11) is 0. The second-order valence-corrected chi connectivity index (χ2v) is 5.91. The summed E-state index contributed by atoms with van der Waals surface area (Å²) < 4.78 is 13.4. The van der Waals surface area contributed by atoms with Crippen molar-refractivity contribution >= 4 is 22.6 Å². The van der Waals surface area contributed by atoms with Crippen molar-refractivity contribution in [1.29, 1.82) is 0 Å². The lowest BCUT2D eigenvalue weighted by molar-refractivity contribution is -0.0934. The molecule has 2 unspecified atom stereocenters. The molecule has 2 aromatic rings. The van der Waals surface area contributed by atoms with E-state index in [1.54, 1.807) is 0 Å². The van der Waals surface area contributed by atoms with Crippen LogP contribution >= 0.6 is 11.6 Å². The molecule has 108 valence electrons. The van der Waals surface area contributed by atoms with Crippen LogP contribution in [0.15, 0.2) is 18.2 Å². The standard InChI is InChI=1S/C15H19ClN2O2/c1-10-3-4-14-13(7-10)17-15(11(2)16)18(14)8-12-9-19-5-6-20-12/h3-4,7,11-12H,5-6,8-9H2,1-2H3. The highest BCUT2D eigenvalue weighted by Gasteiger charge is 2.20. The topological polar surface area (TPSA) is 36.3 Å².